The highest BCUT2D eigenvalue weighted by Gasteiger charge is 2.31. The summed E-state index contributed by atoms with van der Waals surface area (Å²) >= 11 is 0. The van der Waals surface area contributed by atoms with E-state index >= 15 is 0 Å². The van der Waals surface area contributed by atoms with Crippen molar-refractivity contribution in [1.29, 1.82) is 0 Å². The van der Waals surface area contributed by atoms with E-state index < -0.39 is 12.1 Å². The molecule has 1 N–H and O–H groups in total. The molecule has 0 bridgehead atoms. The Morgan fingerprint density at radius 2 is 2.04 bits per heavy atom. The molecule has 3 rings (SSSR count). The van der Waals surface area contributed by atoms with Gasteiger partial charge in [0.15, 0.2) is 6.10 Å². The molecule has 1 aliphatic heterocycles. The van der Waals surface area contributed by atoms with Crippen molar-refractivity contribution in [2.24, 2.45) is 0 Å². The standard InChI is InChI=1S/C19H19NO3/c1-3-13-6-4-5-7-16(13)20-18(21)17-11-14-10-12(2)8-9-15(14)19(22)23-17/h4-10,17H,3,11H2,1-2H3,(H,20,21). The lowest BCUT2D eigenvalue weighted by Crippen LogP contribution is -2.38. The average Bonchev–Trinajstić information content (AvgIpc) is 2.54. The highest BCUT2D eigenvalue weighted by molar-refractivity contribution is 6.00. The molecular weight excluding hydrogens is 290 g/mol. The van der Waals surface area contributed by atoms with Crippen molar-refractivity contribution >= 4 is 17.6 Å². The van der Waals surface area contributed by atoms with Crippen LogP contribution < -0.4 is 5.32 Å². The van der Waals surface area contributed by atoms with Crippen LogP contribution in [0.2, 0.25) is 0 Å². The van der Waals surface area contributed by atoms with Crippen molar-refractivity contribution in [3.05, 3.63) is 64.7 Å². The summed E-state index contributed by atoms with van der Waals surface area (Å²) in [4.78, 5) is 24.6. The molecule has 0 fully saturated rings. The summed E-state index contributed by atoms with van der Waals surface area (Å²) in [6, 6.07) is 13.2. The van der Waals surface area contributed by atoms with E-state index in [4.69, 9.17) is 4.74 Å². The molecular formula is C19H19NO3. The zero-order valence-electron chi connectivity index (χ0n) is 13.3. The number of hydrogen-bond acceptors (Lipinski definition) is 3. The number of esters is 1. The summed E-state index contributed by atoms with van der Waals surface area (Å²) in [5, 5.41) is 2.88. The third kappa shape index (κ3) is 3.11. The largest absolute Gasteiger partial charge is 0.448 e. The highest BCUT2D eigenvalue weighted by atomic mass is 16.5. The lowest BCUT2D eigenvalue weighted by atomic mass is 9.96. The molecule has 23 heavy (non-hydrogen) atoms. The molecule has 0 radical (unpaired) electrons. The van der Waals surface area contributed by atoms with Crippen LogP contribution in [0.15, 0.2) is 42.5 Å². The van der Waals surface area contributed by atoms with Crippen molar-refractivity contribution in [3.8, 4) is 0 Å². The highest BCUT2D eigenvalue weighted by Crippen LogP contribution is 2.23. The molecule has 2 aromatic carbocycles. The van der Waals surface area contributed by atoms with Crippen molar-refractivity contribution < 1.29 is 14.3 Å². The van der Waals surface area contributed by atoms with E-state index in [0.29, 0.717) is 12.0 Å². The first kappa shape index (κ1) is 15.3. The molecule has 1 amide bonds. The second-order valence-corrected chi connectivity index (χ2v) is 5.76. The lowest BCUT2D eigenvalue weighted by molar-refractivity contribution is -0.125. The zero-order valence-corrected chi connectivity index (χ0v) is 13.3. The number of aryl methyl sites for hydroxylation is 2. The Kier molecular flexibility index (Phi) is 4.15. The van der Waals surface area contributed by atoms with Crippen molar-refractivity contribution in [2.45, 2.75) is 32.8 Å². The zero-order chi connectivity index (χ0) is 16.4. The summed E-state index contributed by atoms with van der Waals surface area (Å²) in [6.07, 6.45) is 0.438. The van der Waals surface area contributed by atoms with Crippen LogP contribution in [0.25, 0.3) is 0 Å². The molecule has 4 heteroatoms. The van der Waals surface area contributed by atoms with Gasteiger partial charge in [0.2, 0.25) is 0 Å². The number of carbonyl (C=O) groups excluding carboxylic acids is 2. The van der Waals surface area contributed by atoms with Crippen LogP contribution in [0.5, 0.6) is 0 Å². The fourth-order valence-electron chi connectivity index (χ4n) is 2.83. The van der Waals surface area contributed by atoms with Gasteiger partial charge in [0.25, 0.3) is 5.91 Å². The predicted octanol–water partition coefficient (Wildman–Crippen LogP) is 3.28. The number of nitrogens with one attached hydrogen (secondary N) is 1. The normalized spacial score (nSPS) is 16.4. The molecule has 118 valence electrons. The molecule has 0 saturated carbocycles. The number of benzene rings is 2. The van der Waals surface area contributed by atoms with Gasteiger partial charge in [0.1, 0.15) is 0 Å². The van der Waals surface area contributed by atoms with Gasteiger partial charge in [-0.15, -0.1) is 0 Å². The summed E-state index contributed by atoms with van der Waals surface area (Å²) in [5.41, 5.74) is 4.30. The maximum Gasteiger partial charge on any atom is 0.339 e. The van der Waals surface area contributed by atoms with E-state index in [1.807, 2.05) is 50.2 Å². The lowest BCUT2D eigenvalue weighted by Gasteiger charge is -2.24. The first-order valence-electron chi connectivity index (χ1n) is 7.77. The average molecular weight is 309 g/mol. The quantitative estimate of drug-likeness (QED) is 0.885. The Bertz CT molecular complexity index is 767. The number of rotatable bonds is 3. The number of cyclic esters (lactones) is 1. The van der Waals surface area contributed by atoms with Crippen molar-refractivity contribution in [3.63, 3.8) is 0 Å². The van der Waals surface area contributed by atoms with Gasteiger partial charge in [-0.25, -0.2) is 4.79 Å². The summed E-state index contributed by atoms with van der Waals surface area (Å²) in [5.74, 6) is -0.721. The second-order valence-electron chi connectivity index (χ2n) is 5.76. The Balaban J connectivity index is 1.80. The topological polar surface area (TPSA) is 55.4 Å². The maximum absolute atomic E-state index is 12.5. The number of anilines is 1. The number of carbonyl (C=O) groups is 2. The van der Waals surface area contributed by atoms with Crippen LogP contribution in [0.1, 0.15) is 34.0 Å². The first-order chi connectivity index (χ1) is 11.1. The first-order valence-corrected chi connectivity index (χ1v) is 7.77. The molecule has 1 heterocycles. The minimum atomic E-state index is -0.790. The monoisotopic (exact) mass is 309 g/mol. The van der Waals surface area contributed by atoms with E-state index in [9.17, 15) is 9.59 Å². The number of fused-ring (bicyclic) bond motifs is 1. The number of amides is 1. The minimum Gasteiger partial charge on any atom is -0.448 e. The smallest absolute Gasteiger partial charge is 0.339 e. The van der Waals surface area contributed by atoms with Gasteiger partial charge in [0, 0.05) is 12.1 Å². The van der Waals surface area contributed by atoms with Gasteiger partial charge in [-0.1, -0.05) is 42.8 Å². The summed E-state index contributed by atoms with van der Waals surface area (Å²) in [7, 11) is 0. The van der Waals surface area contributed by atoms with E-state index in [-0.39, 0.29) is 5.91 Å². The molecule has 1 atom stereocenters. The number of hydrogen-bond donors (Lipinski definition) is 1. The molecule has 0 aliphatic carbocycles. The number of para-hydroxylation sites is 1. The van der Waals surface area contributed by atoms with Crippen molar-refractivity contribution in [2.75, 3.05) is 5.32 Å². The van der Waals surface area contributed by atoms with Gasteiger partial charge in [-0.2, -0.15) is 0 Å². The van der Waals surface area contributed by atoms with Crippen molar-refractivity contribution in [1.82, 2.24) is 0 Å². The Labute approximate surface area is 135 Å². The fourth-order valence-corrected chi connectivity index (χ4v) is 2.83. The van der Waals surface area contributed by atoms with Gasteiger partial charge in [0.05, 0.1) is 5.56 Å². The summed E-state index contributed by atoms with van der Waals surface area (Å²) < 4.78 is 5.31. The Hall–Kier alpha value is -2.62. The molecule has 0 aromatic heterocycles. The van der Waals surface area contributed by atoms with E-state index in [1.165, 1.54) is 0 Å². The number of ether oxygens (including phenoxy) is 1. The van der Waals surface area contributed by atoms with Crippen LogP contribution >= 0.6 is 0 Å². The molecule has 1 aliphatic rings. The van der Waals surface area contributed by atoms with Gasteiger partial charge < -0.3 is 10.1 Å². The van der Waals surface area contributed by atoms with E-state index in [1.54, 1.807) is 6.07 Å². The van der Waals surface area contributed by atoms with Crippen LogP contribution in [0.4, 0.5) is 5.69 Å². The van der Waals surface area contributed by atoms with Gasteiger partial charge in [-0.3, -0.25) is 4.79 Å². The SMILES string of the molecule is CCc1ccccc1NC(=O)C1Cc2cc(C)ccc2C(=O)O1. The molecule has 0 saturated heterocycles. The van der Waals surface area contributed by atoms with E-state index in [2.05, 4.69) is 5.32 Å². The van der Waals surface area contributed by atoms with Gasteiger partial charge >= 0.3 is 5.97 Å². The van der Waals surface area contributed by atoms with Crippen LogP contribution in [0.3, 0.4) is 0 Å². The molecule has 0 spiro atoms. The van der Waals surface area contributed by atoms with Gasteiger partial charge in [-0.05, 0) is 36.6 Å². The third-order valence-electron chi connectivity index (χ3n) is 4.08. The maximum atomic E-state index is 12.5. The van der Waals surface area contributed by atoms with E-state index in [0.717, 1.165) is 28.8 Å². The fraction of sp³-hybridized carbons (Fsp3) is 0.263. The Morgan fingerprint density at radius 3 is 2.83 bits per heavy atom. The third-order valence-corrected chi connectivity index (χ3v) is 4.08. The molecule has 2 aromatic rings. The minimum absolute atomic E-state index is 0.286. The summed E-state index contributed by atoms with van der Waals surface area (Å²) in [6.45, 7) is 4.00. The van der Waals surface area contributed by atoms with Crippen LogP contribution in [0, 0.1) is 6.92 Å². The van der Waals surface area contributed by atoms with Crippen LogP contribution in [-0.2, 0) is 22.4 Å². The predicted molar refractivity (Wildman–Crippen MR) is 88.5 cm³/mol. The Morgan fingerprint density at radius 1 is 1.26 bits per heavy atom. The second kappa shape index (κ2) is 6.24. The molecule has 1 unspecified atom stereocenters. The molecule has 4 nitrogen and oxygen atoms in total. The van der Waals surface area contributed by atoms with Crippen LogP contribution in [-0.4, -0.2) is 18.0 Å².